The number of hydrogen-bond acceptors (Lipinski definition) is 3. The summed E-state index contributed by atoms with van der Waals surface area (Å²) in [6, 6.07) is 2.76. The van der Waals surface area contributed by atoms with Crippen LogP contribution in [0.25, 0.3) is 0 Å². The minimum absolute atomic E-state index is 0.209. The first-order chi connectivity index (χ1) is 8.36. The van der Waals surface area contributed by atoms with Crippen LogP contribution in [0.15, 0.2) is 0 Å². The van der Waals surface area contributed by atoms with Crippen molar-refractivity contribution in [2.24, 2.45) is 5.92 Å². The molecule has 0 aromatic carbocycles. The first-order valence-corrected chi connectivity index (χ1v) is 7.19. The van der Waals surface area contributed by atoms with E-state index in [1.54, 1.807) is 0 Å². The minimum atomic E-state index is 0.209. The third-order valence-electron chi connectivity index (χ3n) is 4.12. The first-order valence-electron chi connectivity index (χ1n) is 7.19. The summed E-state index contributed by atoms with van der Waals surface area (Å²) in [7, 11) is 2.17. The minimum Gasteiger partial charge on any atom is -0.305 e. The van der Waals surface area contributed by atoms with Gasteiger partial charge in [0.15, 0.2) is 0 Å². The molecule has 0 aliphatic carbocycles. The van der Waals surface area contributed by atoms with Gasteiger partial charge in [0, 0.05) is 18.1 Å². The van der Waals surface area contributed by atoms with Crippen molar-refractivity contribution in [3.05, 3.63) is 0 Å². The molecule has 1 heterocycles. The lowest BCUT2D eigenvalue weighted by molar-refractivity contribution is 0.0717. The Balaban J connectivity index is 2.82. The molecule has 0 saturated carbocycles. The second-order valence-corrected chi connectivity index (χ2v) is 6.72. The summed E-state index contributed by atoms with van der Waals surface area (Å²) in [4.78, 5) is 4.96. The lowest BCUT2D eigenvalue weighted by Crippen LogP contribution is -2.51. The quantitative estimate of drug-likeness (QED) is 0.769. The van der Waals surface area contributed by atoms with Crippen molar-refractivity contribution >= 4 is 0 Å². The Bertz CT molecular complexity index is 291. The van der Waals surface area contributed by atoms with Crippen molar-refractivity contribution in [1.29, 1.82) is 5.26 Å². The molecule has 3 heteroatoms. The Hall–Kier alpha value is -0.590. The van der Waals surface area contributed by atoms with Gasteiger partial charge in [-0.25, -0.2) is 0 Å². The monoisotopic (exact) mass is 251 g/mol. The van der Waals surface area contributed by atoms with Crippen molar-refractivity contribution in [2.75, 3.05) is 26.7 Å². The van der Waals surface area contributed by atoms with Crippen LogP contribution >= 0.6 is 0 Å². The van der Waals surface area contributed by atoms with E-state index >= 15 is 0 Å². The smallest absolute Gasteiger partial charge is 0.0638 e. The van der Waals surface area contributed by atoms with E-state index in [1.165, 1.54) is 12.8 Å². The molecule has 1 aliphatic rings. The van der Waals surface area contributed by atoms with E-state index in [0.29, 0.717) is 12.5 Å². The van der Waals surface area contributed by atoms with E-state index < -0.39 is 0 Å². The van der Waals surface area contributed by atoms with Crippen molar-refractivity contribution in [3.63, 3.8) is 0 Å². The molecule has 0 bridgehead atoms. The van der Waals surface area contributed by atoms with Gasteiger partial charge in [-0.2, -0.15) is 5.26 Å². The van der Waals surface area contributed by atoms with Gasteiger partial charge in [0.25, 0.3) is 0 Å². The fourth-order valence-electron chi connectivity index (χ4n) is 2.81. The van der Waals surface area contributed by atoms with Gasteiger partial charge in [0.1, 0.15) is 0 Å². The predicted molar refractivity (Wildman–Crippen MR) is 76.4 cm³/mol. The Morgan fingerprint density at radius 2 is 2.06 bits per heavy atom. The first kappa shape index (κ1) is 15.5. The zero-order valence-electron chi connectivity index (χ0n) is 12.7. The zero-order chi connectivity index (χ0) is 13.8. The van der Waals surface area contributed by atoms with Crippen LogP contribution in [0.2, 0.25) is 0 Å². The van der Waals surface area contributed by atoms with Crippen LogP contribution < -0.4 is 0 Å². The van der Waals surface area contributed by atoms with E-state index in [9.17, 15) is 0 Å². The number of likely N-dealkylation sites (N-methyl/N-ethyl adjacent to an activating group) is 1. The maximum absolute atomic E-state index is 9.07. The second-order valence-electron chi connectivity index (χ2n) is 6.72. The summed E-state index contributed by atoms with van der Waals surface area (Å²) in [5, 5.41) is 9.07. The van der Waals surface area contributed by atoms with Crippen molar-refractivity contribution in [3.8, 4) is 6.07 Å². The third kappa shape index (κ3) is 4.26. The Kier molecular flexibility index (Phi) is 5.62. The van der Waals surface area contributed by atoms with Crippen LogP contribution in [0.4, 0.5) is 0 Å². The molecular formula is C15H29N3. The molecule has 0 spiro atoms. The average molecular weight is 251 g/mol. The topological polar surface area (TPSA) is 30.3 Å². The van der Waals surface area contributed by atoms with Crippen molar-refractivity contribution < 1.29 is 0 Å². The molecule has 0 N–H and O–H groups in total. The summed E-state index contributed by atoms with van der Waals surface area (Å²) in [6.07, 6.45) is 3.05. The van der Waals surface area contributed by atoms with Crippen LogP contribution in [0, 0.1) is 17.2 Å². The molecule has 1 rings (SSSR count). The molecule has 1 aliphatic heterocycles. The molecule has 1 atom stereocenters. The van der Waals surface area contributed by atoms with Crippen molar-refractivity contribution in [1.82, 2.24) is 9.80 Å². The molecule has 3 nitrogen and oxygen atoms in total. The number of rotatable bonds is 4. The largest absolute Gasteiger partial charge is 0.305 e. The highest BCUT2D eigenvalue weighted by atomic mass is 15.3. The number of hydrogen-bond donors (Lipinski definition) is 0. The third-order valence-corrected chi connectivity index (χ3v) is 4.12. The molecule has 0 aromatic heterocycles. The van der Waals surface area contributed by atoms with E-state index in [1.807, 2.05) is 0 Å². The van der Waals surface area contributed by atoms with E-state index in [0.717, 1.165) is 25.6 Å². The normalized spacial score (nSPS) is 25.9. The fourth-order valence-corrected chi connectivity index (χ4v) is 2.81. The van der Waals surface area contributed by atoms with Gasteiger partial charge in [-0.3, -0.25) is 4.90 Å². The van der Waals surface area contributed by atoms with Crippen LogP contribution in [0.3, 0.4) is 0 Å². The van der Waals surface area contributed by atoms with E-state index in [4.69, 9.17) is 5.26 Å². The molecule has 1 fully saturated rings. The molecule has 1 saturated heterocycles. The van der Waals surface area contributed by atoms with Crippen LogP contribution in [0.1, 0.15) is 47.0 Å². The Morgan fingerprint density at radius 3 is 2.61 bits per heavy atom. The van der Waals surface area contributed by atoms with Gasteiger partial charge in [-0.1, -0.05) is 13.8 Å². The fraction of sp³-hybridized carbons (Fsp3) is 0.933. The Morgan fingerprint density at radius 1 is 1.39 bits per heavy atom. The van der Waals surface area contributed by atoms with E-state index in [2.05, 4.69) is 50.6 Å². The highest BCUT2D eigenvalue weighted by molar-refractivity contribution is 4.95. The molecule has 1 unspecified atom stereocenters. The van der Waals surface area contributed by atoms with Gasteiger partial charge < -0.3 is 4.90 Å². The standard InChI is InChI=1S/C15H29N3/c1-13(2)7-10-18-14(6-9-16)12-17(5)11-8-15(18,3)4/h13-14H,6-8,10-12H2,1-5H3. The number of nitrogens with zero attached hydrogens (tertiary/aromatic N) is 3. The van der Waals surface area contributed by atoms with Crippen LogP contribution in [0.5, 0.6) is 0 Å². The Labute approximate surface area is 113 Å². The second kappa shape index (κ2) is 6.54. The molecule has 104 valence electrons. The van der Waals surface area contributed by atoms with Crippen molar-refractivity contribution in [2.45, 2.75) is 58.5 Å². The highest BCUT2D eigenvalue weighted by Gasteiger charge is 2.35. The van der Waals surface area contributed by atoms with Gasteiger partial charge in [-0.15, -0.1) is 0 Å². The molecule has 0 amide bonds. The predicted octanol–water partition coefficient (Wildman–Crippen LogP) is 2.73. The van der Waals surface area contributed by atoms with Gasteiger partial charge in [-0.05, 0) is 52.7 Å². The summed E-state index contributed by atoms with van der Waals surface area (Å²) >= 11 is 0. The molecule has 18 heavy (non-hydrogen) atoms. The summed E-state index contributed by atoms with van der Waals surface area (Å²) in [5.41, 5.74) is 0.209. The number of nitriles is 1. The maximum Gasteiger partial charge on any atom is 0.0638 e. The summed E-state index contributed by atoms with van der Waals surface area (Å²) in [5.74, 6) is 0.726. The van der Waals surface area contributed by atoms with Crippen LogP contribution in [-0.4, -0.2) is 48.1 Å². The molecule has 0 radical (unpaired) electrons. The van der Waals surface area contributed by atoms with Crippen LogP contribution in [-0.2, 0) is 0 Å². The summed E-state index contributed by atoms with van der Waals surface area (Å²) in [6.45, 7) is 12.5. The van der Waals surface area contributed by atoms with Gasteiger partial charge in [0.2, 0.25) is 0 Å². The molecular weight excluding hydrogens is 222 g/mol. The maximum atomic E-state index is 9.07. The lowest BCUT2D eigenvalue weighted by Gasteiger charge is -2.41. The SMILES string of the molecule is CC(C)CCN1C(CC#N)CN(C)CCC1(C)C. The van der Waals surface area contributed by atoms with Gasteiger partial charge >= 0.3 is 0 Å². The lowest BCUT2D eigenvalue weighted by atomic mass is 9.95. The molecule has 0 aromatic rings. The highest BCUT2D eigenvalue weighted by Crippen LogP contribution is 2.27. The average Bonchev–Trinajstić information content (AvgIpc) is 2.35. The summed E-state index contributed by atoms with van der Waals surface area (Å²) < 4.78 is 0. The zero-order valence-corrected chi connectivity index (χ0v) is 12.7. The van der Waals surface area contributed by atoms with E-state index in [-0.39, 0.29) is 5.54 Å². The van der Waals surface area contributed by atoms with Gasteiger partial charge in [0.05, 0.1) is 12.5 Å².